The normalized spacial score (nSPS) is 12.6. The van der Waals surface area contributed by atoms with Crippen LogP contribution in [0, 0.1) is 0 Å². The van der Waals surface area contributed by atoms with Crippen LogP contribution in [0.4, 0.5) is 0 Å². The Morgan fingerprint density at radius 3 is 2.79 bits per heavy atom. The molecule has 2 aromatic heterocycles. The second kappa shape index (κ2) is 6.38. The van der Waals surface area contributed by atoms with Gasteiger partial charge in [0.25, 0.3) is 0 Å². The monoisotopic (exact) mass is 256 g/mol. The molecule has 0 N–H and O–H groups in total. The van der Waals surface area contributed by atoms with Crippen molar-refractivity contribution in [2.75, 3.05) is 7.05 Å². The highest BCUT2D eigenvalue weighted by molar-refractivity contribution is 5.13. The molecule has 0 radical (unpaired) electrons. The Hall–Kier alpha value is -1.81. The Labute approximate surface area is 114 Å². The Kier molecular flexibility index (Phi) is 4.58. The van der Waals surface area contributed by atoms with Gasteiger partial charge in [0.15, 0.2) is 0 Å². The van der Waals surface area contributed by atoms with Gasteiger partial charge in [-0.25, -0.2) is 9.97 Å². The first-order valence-corrected chi connectivity index (χ1v) is 6.61. The van der Waals surface area contributed by atoms with Gasteiger partial charge >= 0.3 is 0 Å². The van der Waals surface area contributed by atoms with E-state index in [0.29, 0.717) is 6.04 Å². The molecule has 1 atom stereocenters. The molecule has 0 aliphatic rings. The molecule has 4 heteroatoms. The Morgan fingerprint density at radius 1 is 1.26 bits per heavy atom. The SMILES string of the molecule is CCc1nccc(CN(C)C(C)c2cccnc2)n1. The molecule has 1 unspecified atom stereocenters. The minimum atomic E-state index is 0.314. The van der Waals surface area contributed by atoms with E-state index in [1.165, 1.54) is 5.56 Å². The summed E-state index contributed by atoms with van der Waals surface area (Å²) in [6.45, 7) is 5.06. The molecule has 2 aromatic rings. The fourth-order valence-electron chi connectivity index (χ4n) is 1.97. The van der Waals surface area contributed by atoms with E-state index in [1.54, 1.807) is 6.20 Å². The Balaban J connectivity index is 2.06. The van der Waals surface area contributed by atoms with E-state index < -0.39 is 0 Å². The van der Waals surface area contributed by atoms with E-state index in [-0.39, 0.29) is 0 Å². The fraction of sp³-hybridized carbons (Fsp3) is 0.400. The highest BCUT2D eigenvalue weighted by Gasteiger charge is 2.12. The third-order valence-corrected chi connectivity index (χ3v) is 3.32. The lowest BCUT2D eigenvalue weighted by atomic mass is 10.1. The van der Waals surface area contributed by atoms with E-state index in [1.807, 2.05) is 24.5 Å². The van der Waals surface area contributed by atoms with Crippen LogP contribution in [0.3, 0.4) is 0 Å². The van der Waals surface area contributed by atoms with Gasteiger partial charge in [-0.15, -0.1) is 0 Å². The highest BCUT2D eigenvalue weighted by atomic mass is 15.1. The minimum absolute atomic E-state index is 0.314. The van der Waals surface area contributed by atoms with Gasteiger partial charge in [-0.3, -0.25) is 9.88 Å². The number of pyridine rings is 1. The zero-order valence-corrected chi connectivity index (χ0v) is 11.7. The molecule has 0 saturated heterocycles. The van der Waals surface area contributed by atoms with Gasteiger partial charge in [0.2, 0.25) is 0 Å². The maximum atomic E-state index is 4.54. The molecule has 0 fully saturated rings. The van der Waals surface area contributed by atoms with Crippen molar-refractivity contribution in [1.29, 1.82) is 0 Å². The van der Waals surface area contributed by atoms with Crippen LogP contribution in [0.5, 0.6) is 0 Å². The van der Waals surface area contributed by atoms with Gasteiger partial charge in [-0.1, -0.05) is 13.0 Å². The molecular formula is C15H20N4. The van der Waals surface area contributed by atoms with E-state index in [0.717, 1.165) is 24.5 Å². The van der Waals surface area contributed by atoms with Crippen LogP contribution in [0.15, 0.2) is 36.8 Å². The number of rotatable bonds is 5. The third-order valence-electron chi connectivity index (χ3n) is 3.32. The second-order valence-corrected chi connectivity index (χ2v) is 4.70. The minimum Gasteiger partial charge on any atom is -0.294 e. The molecule has 0 amide bonds. The molecule has 0 aromatic carbocycles. The van der Waals surface area contributed by atoms with Crippen molar-refractivity contribution >= 4 is 0 Å². The van der Waals surface area contributed by atoms with Crippen molar-refractivity contribution in [3.05, 3.63) is 53.9 Å². The van der Waals surface area contributed by atoms with Crippen LogP contribution in [-0.4, -0.2) is 26.9 Å². The van der Waals surface area contributed by atoms with Gasteiger partial charge in [0, 0.05) is 37.6 Å². The average molecular weight is 256 g/mol. The number of aryl methyl sites for hydroxylation is 1. The predicted molar refractivity (Wildman–Crippen MR) is 75.5 cm³/mol. The van der Waals surface area contributed by atoms with Crippen LogP contribution in [0.2, 0.25) is 0 Å². The van der Waals surface area contributed by atoms with Crippen LogP contribution in [-0.2, 0) is 13.0 Å². The molecule has 0 saturated carbocycles. The molecule has 0 spiro atoms. The van der Waals surface area contributed by atoms with Gasteiger partial charge in [0.05, 0.1) is 5.69 Å². The summed E-state index contributed by atoms with van der Waals surface area (Å²) in [6, 6.07) is 6.37. The quantitative estimate of drug-likeness (QED) is 0.824. The van der Waals surface area contributed by atoms with Crippen molar-refractivity contribution in [1.82, 2.24) is 19.9 Å². The average Bonchev–Trinajstić information content (AvgIpc) is 2.47. The molecule has 0 aliphatic heterocycles. The van der Waals surface area contributed by atoms with E-state index >= 15 is 0 Å². The predicted octanol–water partition coefficient (Wildman–Crippen LogP) is 2.63. The molecule has 19 heavy (non-hydrogen) atoms. The summed E-state index contributed by atoms with van der Waals surface area (Å²) in [4.78, 5) is 15.2. The third kappa shape index (κ3) is 3.58. The summed E-state index contributed by atoms with van der Waals surface area (Å²) in [5.74, 6) is 0.903. The highest BCUT2D eigenvalue weighted by Crippen LogP contribution is 2.18. The first-order valence-electron chi connectivity index (χ1n) is 6.61. The van der Waals surface area contributed by atoms with Gasteiger partial charge in [0.1, 0.15) is 5.82 Å². The van der Waals surface area contributed by atoms with E-state index in [2.05, 4.69) is 46.8 Å². The molecule has 4 nitrogen and oxygen atoms in total. The molecule has 100 valence electrons. The maximum Gasteiger partial charge on any atom is 0.128 e. The smallest absolute Gasteiger partial charge is 0.128 e. The van der Waals surface area contributed by atoms with E-state index in [4.69, 9.17) is 0 Å². The number of hydrogen-bond donors (Lipinski definition) is 0. The van der Waals surface area contributed by atoms with Gasteiger partial charge < -0.3 is 0 Å². The first kappa shape index (κ1) is 13.6. The summed E-state index contributed by atoms with van der Waals surface area (Å²) < 4.78 is 0. The lowest BCUT2D eigenvalue weighted by molar-refractivity contribution is 0.249. The van der Waals surface area contributed by atoms with Crippen molar-refractivity contribution in [3.63, 3.8) is 0 Å². The number of aromatic nitrogens is 3. The topological polar surface area (TPSA) is 41.9 Å². The van der Waals surface area contributed by atoms with Crippen molar-refractivity contribution in [2.45, 2.75) is 32.9 Å². The van der Waals surface area contributed by atoms with E-state index in [9.17, 15) is 0 Å². The first-order chi connectivity index (χ1) is 9.20. The molecule has 0 aliphatic carbocycles. The summed E-state index contributed by atoms with van der Waals surface area (Å²) in [5.41, 5.74) is 2.28. The summed E-state index contributed by atoms with van der Waals surface area (Å²) in [7, 11) is 2.10. The van der Waals surface area contributed by atoms with Gasteiger partial charge in [-0.05, 0) is 31.7 Å². The molecule has 0 bridgehead atoms. The Morgan fingerprint density at radius 2 is 2.11 bits per heavy atom. The largest absolute Gasteiger partial charge is 0.294 e. The lowest BCUT2D eigenvalue weighted by Gasteiger charge is -2.24. The maximum absolute atomic E-state index is 4.54. The van der Waals surface area contributed by atoms with Crippen LogP contribution < -0.4 is 0 Å². The molecule has 2 heterocycles. The lowest BCUT2D eigenvalue weighted by Crippen LogP contribution is -2.22. The molecule has 2 rings (SSSR count). The fourth-order valence-corrected chi connectivity index (χ4v) is 1.97. The zero-order chi connectivity index (χ0) is 13.7. The van der Waals surface area contributed by atoms with Crippen molar-refractivity contribution < 1.29 is 0 Å². The number of nitrogens with zero attached hydrogens (tertiary/aromatic N) is 4. The standard InChI is InChI=1S/C15H20N4/c1-4-15-17-9-7-14(18-15)11-19(3)12(2)13-6-5-8-16-10-13/h5-10,12H,4,11H2,1-3H3. The van der Waals surface area contributed by atoms with Crippen molar-refractivity contribution in [3.8, 4) is 0 Å². The van der Waals surface area contributed by atoms with Crippen LogP contribution in [0.25, 0.3) is 0 Å². The second-order valence-electron chi connectivity index (χ2n) is 4.70. The Bertz CT molecular complexity index is 513. The van der Waals surface area contributed by atoms with Crippen molar-refractivity contribution in [2.24, 2.45) is 0 Å². The summed E-state index contributed by atoms with van der Waals surface area (Å²) in [5, 5.41) is 0. The summed E-state index contributed by atoms with van der Waals surface area (Å²) in [6.07, 6.45) is 6.42. The summed E-state index contributed by atoms with van der Waals surface area (Å²) >= 11 is 0. The number of hydrogen-bond acceptors (Lipinski definition) is 4. The van der Waals surface area contributed by atoms with Crippen LogP contribution >= 0.6 is 0 Å². The van der Waals surface area contributed by atoms with Crippen LogP contribution in [0.1, 0.15) is 37.0 Å². The zero-order valence-electron chi connectivity index (χ0n) is 11.7. The van der Waals surface area contributed by atoms with Gasteiger partial charge in [-0.2, -0.15) is 0 Å². The molecular weight excluding hydrogens is 236 g/mol.